The number of ether oxygens (including phenoxy) is 1. The van der Waals surface area contributed by atoms with Gasteiger partial charge in [-0.3, -0.25) is 0 Å². The average Bonchev–Trinajstić information content (AvgIpc) is 2.86. The highest BCUT2D eigenvalue weighted by Gasteiger charge is 2.13. The zero-order valence-electron chi connectivity index (χ0n) is 10.9. The van der Waals surface area contributed by atoms with Crippen LogP contribution in [0.15, 0.2) is 41.6 Å². The number of esters is 1. The summed E-state index contributed by atoms with van der Waals surface area (Å²) in [5.41, 5.74) is 2.40. The molecular weight excluding hydrogens is 260 g/mol. The van der Waals surface area contributed by atoms with Gasteiger partial charge in [-0.2, -0.15) is 0 Å². The van der Waals surface area contributed by atoms with Gasteiger partial charge in [-0.15, -0.1) is 12.6 Å². The Bertz CT molecular complexity index is 631. The van der Waals surface area contributed by atoms with Crippen LogP contribution in [0.5, 0.6) is 0 Å². The summed E-state index contributed by atoms with van der Waals surface area (Å²) >= 11 is 4.16. The minimum atomic E-state index is -0.327. The molecule has 0 saturated heterocycles. The number of carbonyl (C=O) groups excluding carboxylic acids is 1. The van der Waals surface area contributed by atoms with Gasteiger partial charge in [-0.25, -0.2) is 4.79 Å². The minimum Gasteiger partial charge on any atom is -0.465 e. The van der Waals surface area contributed by atoms with Crippen molar-refractivity contribution < 1.29 is 9.53 Å². The number of hydrogen-bond donors (Lipinski definition) is 2. The van der Waals surface area contributed by atoms with E-state index in [2.05, 4.69) is 17.9 Å². The summed E-state index contributed by atoms with van der Waals surface area (Å²) in [7, 11) is 3.23. The lowest BCUT2D eigenvalue weighted by molar-refractivity contribution is 0.0602. The Balaban J connectivity index is 2.54. The second-order valence-electron chi connectivity index (χ2n) is 4.08. The molecule has 1 aromatic heterocycles. The summed E-state index contributed by atoms with van der Waals surface area (Å²) in [6, 6.07) is 7.58. The van der Waals surface area contributed by atoms with Gasteiger partial charge < -0.3 is 14.6 Å². The molecule has 2 aromatic rings. The van der Waals surface area contributed by atoms with Crippen molar-refractivity contribution in [2.75, 3.05) is 14.2 Å². The summed E-state index contributed by atoms with van der Waals surface area (Å²) in [5, 5.41) is 5.79. The van der Waals surface area contributed by atoms with E-state index in [1.165, 1.54) is 7.11 Å². The zero-order valence-corrected chi connectivity index (χ0v) is 11.8. The summed E-state index contributed by atoms with van der Waals surface area (Å²) < 4.78 is 6.83. The Morgan fingerprint density at radius 3 is 2.89 bits per heavy atom. The van der Waals surface area contributed by atoms with E-state index in [-0.39, 0.29) is 5.97 Å². The minimum absolute atomic E-state index is 0.327. The summed E-state index contributed by atoms with van der Waals surface area (Å²) in [6.45, 7) is 0.623. The molecule has 0 aliphatic heterocycles. The molecule has 2 rings (SSSR count). The monoisotopic (exact) mass is 276 g/mol. The standard InChI is InChI=1S/C14H16N2O2S/c1-15-11(9-19)8-16-7-6-10-4-3-5-12(13(10)16)14(17)18-2/h3-7,9,15,19H,8H2,1-2H3/b11-9-. The van der Waals surface area contributed by atoms with E-state index in [4.69, 9.17) is 4.74 Å². The van der Waals surface area contributed by atoms with Crippen LogP contribution >= 0.6 is 12.6 Å². The number of thiol groups is 1. The molecule has 100 valence electrons. The Kier molecular flexibility index (Phi) is 4.16. The van der Waals surface area contributed by atoms with Gasteiger partial charge in [0.25, 0.3) is 0 Å². The lowest BCUT2D eigenvalue weighted by Crippen LogP contribution is -2.13. The maximum atomic E-state index is 11.8. The molecule has 0 spiro atoms. The van der Waals surface area contributed by atoms with Gasteiger partial charge in [0.05, 0.1) is 24.7 Å². The van der Waals surface area contributed by atoms with Crippen molar-refractivity contribution in [3.8, 4) is 0 Å². The number of allylic oxidation sites excluding steroid dienone is 1. The maximum absolute atomic E-state index is 11.8. The van der Waals surface area contributed by atoms with E-state index in [9.17, 15) is 4.79 Å². The molecule has 0 amide bonds. The first kappa shape index (κ1) is 13.5. The van der Waals surface area contributed by atoms with Gasteiger partial charge in [0.2, 0.25) is 0 Å². The molecule has 0 unspecified atom stereocenters. The Labute approximate surface area is 117 Å². The maximum Gasteiger partial charge on any atom is 0.340 e. The van der Waals surface area contributed by atoms with E-state index in [1.54, 1.807) is 11.5 Å². The van der Waals surface area contributed by atoms with E-state index in [1.807, 2.05) is 36.0 Å². The van der Waals surface area contributed by atoms with Crippen LogP contribution in [-0.4, -0.2) is 24.7 Å². The van der Waals surface area contributed by atoms with E-state index in [0.717, 1.165) is 16.6 Å². The Morgan fingerprint density at radius 1 is 1.47 bits per heavy atom. The molecule has 0 atom stereocenters. The Hall–Kier alpha value is -1.88. The van der Waals surface area contributed by atoms with Gasteiger partial charge in [0, 0.05) is 24.3 Å². The lowest BCUT2D eigenvalue weighted by Gasteiger charge is -2.11. The number of para-hydroxylation sites is 1. The van der Waals surface area contributed by atoms with E-state index in [0.29, 0.717) is 12.1 Å². The number of aromatic nitrogens is 1. The number of methoxy groups -OCH3 is 1. The second-order valence-corrected chi connectivity index (χ2v) is 4.34. The smallest absolute Gasteiger partial charge is 0.340 e. The third-order valence-electron chi connectivity index (χ3n) is 3.01. The molecule has 0 aliphatic rings. The first-order chi connectivity index (χ1) is 9.21. The van der Waals surface area contributed by atoms with Crippen molar-refractivity contribution >= 4 is 29.5 Å². The van der Waals surface area contributed by atoms with Crippen LogP contribution in [-0.2, 0) is 11.3 Å². The van der Waals surface area contributed by atoms with Gasteiger partial charge in [-0.05, 0) is 17.5 Å². The highest BCUT2D eigenvalue weighted by Crippen LogP contribution is 2.22. The van der Waals surface area contributed by atoms with Gasteiger partial charge in [0.15, 0.2) is 0 Å². The van der Waals surface area contributed by atoms with Crippen LogP contribution in [0.25, 0.3) is 10.9 Å². The number of carbonyl (C=O) groups is 1. The molecule has 4 nitrogen and oxygen atoms in total. The number of benzene rings is 1. The van der Waals surface area contributed by atoms with Crippen molar-refractivity contribution in [2.45, 2.75) is 6.54 Å². The quantitative estimate of drug-likeness (QED) is 0.666. The number of fused-ring (bicyclic) bond motifs is 1. The molecule has 0 radical (unpaired) electrons. The first-order valence-electron chi connectivity index (χ1n) is 5.88. The molecule has 0 saturated carbocycles. The normalized spacial score (nSPS) is 11.6. The van der Waals surface area contributed by atoms with Crippen molar-refractivity contribution in [1.29, 1.82) is 0 Å². The van der Waals surface area contributed by atoms with Crippen molar-refractivity contribution in [3.63, 3.8) is 0 Å². The van der Waals surface area contributed by atoms with Crippen molar-refractivity contribution in [2.24, 2.45) is 0 Å². The van der Waals surface area contributed by atoms with Crippen LogP contribution in [0.4, 0.5) is 0 Å². The van der Waals surface area contributed by atoms with Gasteiger partial charge in [0.1, 0.15) is 0 Å². The van der Waals surface area contributed by atoms with Crippen LogP contribution in [0.2, 0.25) is 0 Å². The summed E-state index contributed by atoms with van der Waals surface area (Å²) in [5.74, 6) is -0.327. The first-order valence-corrected chi connectivity index (χ1v) is 6.40. The number of nitrogens with zero attached hydrogens (tertiary/aromatic N) is 1. The number of hydrogen-bond acceptors (Lipinski definition) is 4. The third kappa shape index (κ3) is 2.61. The zero-order chi connectivity index (χ0) is 13.8. The van der Waals surface area contributed by atoms with Gasteiger partial charge in [-0.1, -0.05) is 12.1 Å². The molecule has 19 heavy (non-hydrogen) atoms. The van der Waals surface area contributed by atoms with Crippen LogP contribution in [0, 0.1) is 0 Å². The highest BCUT2D eigenvalue weighted by molar-refractivity contribution is 7.83. The topological polar surface area (TPSA) is 43.3 Å². The van der Waals surface area contributed by atoms with Crippen molar-refractivity contribution in [1.82, 2.24) is 9.88 Å². The summed E-state index contributed by atoms with van der Waals surface area (Å²) in [4.78, 5) is 11.8. The summed E-state index contributed by atoms with van der Waals surface area (Å²) in [6.07, 6.45) is 1.95. The number of nitrogens with one attached hydrogen (secondary N) is 1. The van der Waals surface area contributed by atoms with Crippen molar-refractivity contribution in [3.05, 3.63) is 47.1 Å². The fourth-order valence-corrected chi connectivity index (χ4v) is 2.25. The molecule has 0 fully saturated rings. The molecule has 1 heterocycles. The third-order valence-corrected chi connectivity index (χ3v) is 3.32. The Morgan fingerprint density at radius 2 is 2.26 bits per heavy atom. The second kappa shape index (κ2) is 5.84. The average molecular weight is 276 g/mol. The molecule has 0 aliphatic carbocycles. The molecule has 5 heteroatoms. The van der Waals surface area contributed by atoms with E-state index >= 15 is 0 Å². The number of likely N-dealkylation sites (N-methyl/N-ethyl adjacent to an activating group) is 1. The predicted octanol–water partition coefficient (Wildman–Crippen LogP) is 2.42. The van der Waals surface area contributed by atoms with Crippen LogP contribution in [0.3, 0.4) is 0 Å². The fraction of sp³-hybridized carbons (Fsp3) is 0.214. The largest absolute Gasteiger partial charge is 0.465 e. The van der Waals surface area contributed by atoms with Crippen LogP contribution in [0.1, 0.15) is 10.4 Å². The van der Waals surface area contributed by atoms with Crippen LogP contribution < -0.4 is 5.32 Å². The predicted molar refractivity (Wildman–Crippen MR) is 79.4 cm³/mol. The fourth-order valence-electron chi connectivity index (χ4n) is 2.04. The number of rotatable bonds is 4. The van der Waals surface area contributed by atoms with E-state index < -0.39 is 0 Å². The molecular formula is C14H16N2O2S. The highest BCUT2D eigenvalue weighted by atomic mass is 32.1. The lowest BCUT2D eigenvalue weighted by atomic mass is 10.1. The molecule has 1 aromatic carbocycles. The molecule has 1 N–H and O–H groups in total. The molecule has 0 bridgehead atoms. The SMILES string of the molecule is CN/C(=C\S)Cn1ccc2cccc(C(=O)OC)c21. The van der Waals surface area contributed by atoms with Gasteiger partial charge >= 0.3 is 5.97 Å².